The van der Waals surface area contributed by atoms with Gasteiger partial charge in [0.1, 0.15) is 0 Å². The lowest BCUT2D eigenvalue weighted by molar-refractivity contribution is -0.173. The van der Waals surface area contributed by atoms with Gasteiger partial charge in [-0.1, -0.05) is 20.8 Å². The van der Waals surface area contributed by atoms with Crippen LogP contribution in [0.25, 0.3) is 0 Å². The number of carbonyl (C=O) groups excluding carboxylic acids is 2. The molecule has 0 aliphatic carbocycles. The SMILES string of the molecule is CCOC(=O)C(CCSCC)(CC(C)C)C(=O)OCC. The maximum absolute atomic E-state index is 12.4. The predicted molar refractivity (Wildman–Crippen MR) is 82.8 cm³/mol. The van der Waals surface area contributed by atoms with Gasteiger partial charge in [-0.3, -0.25) is 9.59 Å². The molecule has 4 nitrogen and oxygen atoms in total. The van der Waals surface area contributed by atoms with Gasteiger partial charge in [-0.05, 0) is 44.1 Å². The predicted octanol–water partition coefficient (Wildman–Crippen LogP) is 3.29. The molecule has 0 radical (unpaired) electrons. The van der Waals surface area contributed by atoms with Crippen molar-refractivity contribution < 1.29 is 19.1 Å². The molecule has 0 heterocycles. The fraction of sp³-hybridized carbons (Fsp3) is 0.867. The van der Waals surface area contributed by atoms with Crippen LogP contribution >= 0.6 is 11.8 Å². The van der Waals surface area contributed by atoms with Crippen LogP contribution in [0, 0.1) is 11.3 Å². The maximum atomic E-state index is 12.4. The maximum Gasteiger partial charge on any atom is 0.323 e. The molecule has 0 saturated heterocycles. The van der Waals surface area contributed by atoms with Crippen LogP contribution < -0.4 is 0 Å². The lowest BCUT2D eigenvalue weighted by Gasteiger charge is -2.30. The largest absolute Gasteiger partial charge is 0.465 e. The highest BCUT2D eigenvalue weighted by atomic mass is 32.2. The minimum atomic E-state index is -1.15. The summed E-state index contributed by atoms with van der Waals surface area (Å²) in [6.45, 7) is 10.1. The average Bonchev–Trinajstić information content (AvgIpc) is 2.37. The fourth-order valence-corrected chi connectivity index (χ4v) is 2.96. The molecule has 0 bridgehead atoms. The Bertz CT molecular complexity index is 284. The molecule has 0 saturated carbocycles. The molecule has 118 valence electrons. The Balaban J connectivity index is 5.26. The first-order valence-corrected chi connectivity index (χ1v) is 8.52. The molecule has 0 aliphatic heterocycles. The second-order valence-corrected chi connectivity index (χ2v) is 6.46. The molecule has 0 rings (SSSR count). The van der Waals surface area contributed by atoms with Gasteiger partial charge < -0.3 is 9.47 Å². The van der Waals surface area contributed by atoms with Gasteiger partial charge in [-0.2, -0.15) is 11.8 Å². The third kappa shape index (κ3) is 5.73. The van der Waals surface area contributed by atoms with Crippen LogP contribution in [0.1, 0.15) is 47.5 Å². The van der Waals surface area contributed by atoms with Crippen LogP contribution in [0.4, 0.5) is 0 Å². The van der Waals surface area contributed by atoms with E-state index < -0.39 is 17.4 Å². The van der Waals surface area contributed by atoms with Gasteiger partial charge in [0.2, 0.25) is 0 Å². The molecule has 0 spiro atoms. The lowest BCUT2D eigenvalue weighted by Crippen LogP contribution is -2.43. The minimum absolute atomic E-state index is 0.218. The third-order valence-electron chi connectivity index (χ3n) is 2.97. The van der Waals surface area contributed by atoms with Gasteiger partial charge in [-0.15, -0.1) is 0 Å². The van der Waals surface area contributed by atoms with Gasteiger partial charge in [0.25, 0.3) is 0 Å². The van der Waals surface area contributed by atoms with Gasteiger partial charge >= 0.3 is 11.9 Å². The molecular formula is C15H28O4S. The molecular weight excluding hydrogens is 276 g/mol. The minimum Gasteiger partial charge on any atom is -0.465 e. The number of hydrogen-bond acceptors (Lipinski definition) is 5. The van der Waals surface area contributed by atoms with Crippen molar-refractivity contribution in [3.05, 3.63) is 0 Å². The van der Waals surface area contributed by atoms with E-state index in [2.05, 4.69) is 6.92 Å². The summed E-state index contributed by atoms with van der Waals surface area (Å²) in [4.78, 5) is 24.8. The topological polar surface area (TPSA) is 52.6 Å². The zero-order chi connectivity index (χ0) is 15.6. The second kappa shape index (κ2) is 10.1. The summed E-state index contributed by atoms with van der Waals surface area (Å²) in [6.07, 6.45) is 0.941. The molecule has 20 heavy (non-hydrogen) atoms. The van der Waals surface area contributed by atoms with E-state index in [4.69, 9.17) is 9.47 Å². The third-order valence-corrected chi connectivity index (χ3v) is 3.87. The van der Waals surface area contributed by atoms with Crippen LogP contribution in [0.15, 0.2) is 0 Å². The molecule has 5 heteroatoms. The fourth-order valence-electron chi connectivity index (χ4n) is 2.18. The Morgan fingerprint density at radius 3 is 1.90 bits per heavy atom. The van der Waals surface area contributed by atoms with Crippen molar-refractivity contribution in [2.45, 2.75) is 47.5 Å². The summed E-state index contributed by atoms with van der Waals surface area (Å²) in [5.74, 6) is 1.05. The van der Waals surface area contributed by atoms with Gasteiger partial charge in [0.15, 0.2) is 5.41 Å². The van der Waals surface area contributed by atoms with Crippen LogP contribution in [0.3, 0.4) is 0 Å². The van der Waals surface area contributed by atoms with Crippen molar-refractivity contribution >= 4 is 23.7 Å². The van der Waals surface area contributed by atoms with E-state index in [1.165, 1.54) is 0 Å². The number of ether oxygens (including phenoxy) is 2. The summed E-state index contributed by atoms with van der Waals surface area (Å²) >= 11 is 1.72. The molecule has 0 atom stereocenters. The first kappa shape index (κ1) is 19.3. The molecule has 0 amide bonds. The summed E-state index contributed by atoms with van der Waals surface area (Å²) in [7, 11) is 0. The average molecular weight is 304 g/mol. The summed E-state index contributed by atoms with van der Waals surface area (Å²) in [5, 5.41) is 0. The quantitative estimate of drug-likeness (QED) is 0.352. The van der Waals surface area contributed by atoms with Crippen molar-refractivity contribution in [3.63, 3.8) is 0 Å². The number of thioether (sulfide) groups is 1. The van der Waals surface area contributed by atoms with E-state index in [-0.39, 0.29) is 19.1 Å². The highest BCUT2D eigenvalue weighted by Crippen LogP contribution is 2.35. The van der Waals surface area contributed by atoms with Crippen molar-refractivity contribution in [3.8, 4) is 0 Å². The lowest BCUT2D eigenvalue weighted by atomic mass is 9.77. The smallest absolute Gasteiger partial charge is 0.323 e. The van der Waals surface area contributed by atoms with Gasteiger partial charge in [0, 0.05) is 0 Å². The van der Waals surface area contributed by atoms with Crippen LogP contribution in [0.5, 0.6) is 0 Å². The Hall–Kier alpha value is -0.710. The molecule has 0 aromatic rings. The Kier molecular flexibility index (Phi) is 9.72. The van der Waals surface area contributed by atoms with E-state index in [1.807, 2.05) is 13.8 Å². The number of esters is 2. The normalized spacial score (nSPS) is 11.5. The zero-order valence-corrected chi connectivity index (χ0v) is 14.2. The number of rotatable bonds is 10. The number of carbonyl (C=O) groups is 2. The van der Waals surface area contributed by atoms with E-state index >= 15 is 0 Å². The van der Waals surface area contributed by atoms with E-state index in [9.17, 15) is 9.59 Å². The standard InChI is InChI=1S/C15H28O4S/c1-6-18-13(16)15(11-12(4)5,9-10-20-8-3)14(17)19-7-2/h12H,6-11H2,1-5H3. The first-order chi connectivity index (χ1) is 9.44. The highest BCUT2D eigenvalue weighted by molar-refractivity contribution is 7.99. The summed E-state index contributed by atoms with van der Waals surface area (Å²) in [6, 6.07) is 0. The first-order valence-electron chi connectivity index (χ1n) is 7.36. The van der Waals surface area contributed by atoms with Crippen molar-refractivity contribution in [1.82, 2.24) is 0 Å². The Morgan fingerprint density at radius 1 is 1.05 bits per heavy atom. The van der Waals surface area contributed by atoms with Gasteiger partial charge in [-0.25, -0.2) is 0 Å². The van der Waals surface area contributed by atoms with Crippen LogP contribution in [-0.4, -0.2) is 36.7 Å². The van der Waals surface area contributed by atoms with Crippen LogP contribution in [-0.2, 0) is 19.1 Å². The monoisotopic (exact) mass is 304 g/mol. The van der Waals surface area contributed by atoms with Crippen molar-refractivity contribution in [2.24, 2.45) is 11.3 Å². The highest BCUT2D eigenvalue weighted by Gasteiger charge is 2.48. The number of hydrogen-bond donors (Lipinski definition) is 0. The van der Waals surface area contributed by atoms with Crippen LogP contribution in [0.2, 0.25) is 0 Å². The van der Waals surface area contributed by atoms with E-state index in [1.54, 1.807) is 25.6 Å². The molecule has 0 aromatic carbocycles. The Morgan fingerprint density at radius 2 is 1.55 bits per heavy atom. The van der Waals surface area contributed by atoms with Gasteiger partial charge in [0.05, 0.1) is 13.2 Å². The second-order valence-electron chi connectivity index (χ2n) is 5.07. The van der Waals surface area contributed by atoms with E-state index in [0.29, 0.717) is 12.8 Å². The molecule has 0 aromatic heterocycles. The zero-order valence-electron chi connectivity index (χ0n) is 13.4. The van der Waals surface area contributed by atoms with Crippen molar-refractivity contribution in [2.75, 3.05) is 24.7 Å². The molecule has 0 N–H and O–H groups in total. The Labute approximate surface area is 127 Å². The van der Waals surface area contributed by atoms with Crippen molar-refractivity contribution in [1.29, 1.82) is 0 Å². The van der Waals surface area contributed by atoms with E-state index in [0.717, 1.165) is 11.5 Å². The molecule has 0 aliphatic rings. The summed E-state index contributed by atoms with van der Waals surface area (Å²) < 4.78 is 10.3. The molecule has 0 unspecified atom stereocenters. The molecule has 0 fully saturated rings. The summed E-state index contributed by atoms with van der Waals surface area (Å²) in [5.41, 5.74) is -1.15.